The van der Waals surface area contributed by atoms with E-state index >= 15 is 0 Å². The van der Waals surface area contributed by atoms with Gasteiger partial charge in [-0.3, -0.25) is 0 Å². The van der Waals surface area contributed by atoms with Crippen LogP contribution in [0.15, 0.2) is 72.9 Å². The molecule has 2 aromatic carbocycles. The van der Waals surface area contributed by atoms with Crippen molar-refractivity contribution in [3.8, 4) is 10.6 Å². The van der Waals surface area contributed by atoms with Crippen LogP contribution in [0.2, 0.25) is 0 Å². The van der Waals surface area contributed by atoms with E-state index in [2.05, 4.69) is 79.5 Å². The second-order valence-electron chi connectivity index (χ2n) is 10.4. The van der Waals surface area contributed by atoms with E-state index in [9.17, 15) is 0 Å². The van der Waals surface area contributed by atoms with Gasteiger partial charge in [0, 0.05) is 17.5 Å². The molecular weight excluding hydrogens is 444 g/mol. The Balaban J connectivity index is 1.22. The summed E-state index contributed by atoms with van der Waals surface area (Å²) in [6.45, 7) is 4.59. The van der Waals surface area contributed by atoms with Gasteiger partial charge in [-0.25, -0.2) is 9.97 Å². The normalized spacial score (nSPS) is 18.0. The van der Waals surface area contributed by atoms with Crippen LogP contribution in [0.3, 0.4) is 0 Å². The molecule has 0 spiro atoms. The Labute approximate surface area is 214 Å². The van der Waals surface area contributed by atoms with E-state index in [-0.39, 0.29) is 0 Å². The van der Waals surface area contributed by atoms with Crippen molar-refractivity contribution in [1.82, 2.24) is 9.97 Å². The third-order valence-corrected chi connectivity index (χ3v) is 8.70. The Hall–Kier alpha value is -2.78. The molecule has 5 rings (SSSR count). The van der Waals surface area contributed by atoms with Crippen LogP contribution in [0, 0.1) is 18.8 Å². The second-order valence-corrected chi connectivity index (χ2v) is 11.5. The van der Waals surface area contributed by atoms with Crippen LogP contribution in [0.1, 0.15) is 65.6 Å². The van der Waals surface area contributed by atoms with Crippen molar-refractivity contribution in [3.63, 3.8) is 0 Å². The summed E-state index contributed by atoms with van der Waals surface area (Å²) in [7, 11) is 0. The van der Waals surface area contributed by atoms with Crippen molar-refractivity contribution in [2.24, 2.45) is 11.8 Å². The molecule has 0 unspecified atom stereocenters. The molecule has 4 aromatic rings. The zero-order valence-electron chi connectivity index (χ0n) is 21.0. The van der Waals surface area contributed by atoms with E-state index < -0.39 is 0 Å². The maximum Gasteiger partial charge on any atom is 0.133 e. The summed E-state index contributed by atoms with van der Waals surface area (Å²) in [4.78, 5) is 12.2. The number of hydrogen-bond donors (Lipinski definition) is 0. The van der Waals surface area contributed by atoms with Crippen LogP contribution in [-0.4, -0.2) is 9.97 Å². The zero-order valence-corrected chi connectivity index (χ0v) is 21.9. The molecule has 1 aliphatic rings. The Morgan fingerprint density at radius 2 is 1.69 bits per heavy atom. The first kappa shape index (κ1) is 23.9. The lowest BCUT2D eigenvalue weighted by Gasteiger charge is -2.26. The number of nitrogens with zero attached hydrogens (tertiary/aromatic N) is 2. The van der Waals surface area contributed by atoms with Crippen molar-refractivity contribution >= 4 is 11.3 Å². The Kier molecular flexibility index (Phi) is 7.73. The molecule has 1 aliphatic carbocycles. The molecular formula is C32H36N2S. The van der Waals surface area contributed by atoms with Gasteiger partial charge in [-0.05, 0) is 91.3 Å². The van der Waals surface area contributed by atoms with Crippen LogP contribution in [0.4, 0.5) is 0 Å². The first-order valence-corrected chi connectivity index (χ1v) is 14.0. The van der Waals surface area contributed by atoms with Gasteiger partial charge in [0.25, 0.3) is 0 Å². The van der Waals surface area contributed by atoms with Crippen molar-refractivity contribution in [1.29, 1.82) is 0 Å². The third kappa shape index (κ3) is 6.46. The third-order valence-electron chi connectivity index (χ3n) is 7.54. The smallest absolute Gasteiger partial charge is 0.133 e. The van der Waals surface area contributed by atoms with Crippen LogP contribution < -0.4 is 0 Å². The predicted molar refractivity (Wildman–Crippen MR) is 148 cm³/mol. The monoisotopic (exact) mass is 480 g/mol. The minimum absolute atomic E-state index is 0.787. The van der Waals surface area contributed by atoms with Crippen LogP contribution in [0.5, 0.6) is 0 Å². The van der Waals surface area contributed by atoms with E-state index in [1.807, 2.05) is 23.6 Å². The average Bonchev–Trinajstić information content (AvgIpc) is 3.35. The molecule has 3 heteroatoms. The fraction of sp³-hybridized carbons (Fsp3) is 0.375. The largest absolute Gasteiger partial charge is 0.241 e. The van der Waals surface area contributed by atoms with E-state index in [1.165, 1.54) is 64.1 Å². The van der Waals surface area contributed by atoms with Gasteiger partial charge in [0.15, 0.2) is 0 Å². The molecule has 0 bridgehead atoms. The molecule has 1 fully saturated rings. The van der Waals surface area contributed by atoms with Crippen LogP contribution >= 0.6 is 11.3 Å². The van der Waals surface area contributed by atoms with Crippen molar-refractivity contribution in [2.45, 2.75) is 65.2 Å². The first-order valence-electron chi connectivity index (χ1n) is 13.2. The minimum Gasteiger partial charge on any atom is -0.241 e. The summed E-state index contributed by atoms with van der Waals surface area (Å²) in [6.07, 6.45) is 11.6. The van der Waals surface area contributed by atoms with E-state index in [0.717, 1.165) is 42.6 Å². The Morgan fingerprint density at radius 3 is 2.54 bits per heavy atom. The van der Waals surface area contributed by atoms with Crippen molar-refractivity contribution < 1.29 is 0 Å². The highest BCUT2D eigenvalue weighted by molar-refractivity contribution is 7.15. The fourth-order valence-electron chi connectivity index (χ4n) is 5.34. The van der Waals surface area contributed by atoms with Gasteiger partial charge in [0.1, 0.15) is 5.82 Å². The van der Waals surface area contributed by atoms with Crippen LogP contribution in [0.25, 0.3) is 10.6 Å². The maximum absolute atomic E-state index is 4.94. The standard InChI is InChI=1S/C32H36N2S/c1-23-10-12-25(13-11-23)20-26-7-5-8-27(21-26)22-32-33-19-18-30(34-32)31-17-16-29(35-31)15-14-28-9-4-3-6-24(28)2/h3-9,16-19,21,23,25H,10-15,20,22H2,1-2H3. The molecule has 0 atom stereocenters. The fourth-order valence-corrected chi connectivity index (χ4v) is 6.31. The van der Waals surface area contributed by atoms with Gasteiger partial charge in [0.05, 0.1) is 10.6 Å². The highest BCUT2D eigenvalue weighted by Gasteiger charge is 2.18. The van der Waals surface area contributed by atoms with Gasteiger partial charge in [-0.1, -0.05) is 68.3 Å². The van der Waals surface area contributed by atoms with E-state index in [1.54, 1.807) is 0 Å². The number of aryl methyl sites for hydroxylation is 3. The first-order chi connectivity index (χ1) is 17.1. The number of rotatable bonds is 8. The number of benzene rings is 2. The number of aromatic nitrogens is 2. The molecule has 0 saturated heterocycles. The molecule has 35 heavy (non-hydrogen) atoms. The molecule has 0 radical (unpaired) electrons. The van der Waals surface area contributed by atoms with E-state index in [0.29, 0.717) is 0 Å². The van der Waals surface area contributed by atoms with Crippen molar-refractivity contribution in [2.75, 3.05) is 0 Å². The summed E-state index contributed by atoms with van der Waals surface area (Å²) in [5.74, 6) is 2.66. The number of hydrogen-bond acceptors (Lipinski definition) is 3. The summed E-state index contributed by atoms with van der Waals surface area (Å²) >= 11 is 1.86. The van der Waals surface area contributed by atoms with Gasteiger partial charge in [0.2, 0.25) is 0 Å². The lowest BCUT2D eigenvalue weighted by atomic mass is 9.80. The molecule has 0 amide bonds. The second kappa shape index (κ2) is 11.3. The highest BCUT2D eigenvalue weighted by Crippen LogP contribution is 2.31. The zero-order chi connectivity index (χ0) is 24.0. The number of thiophene rings is 1. The lowest BCUT2D eigenvalue weighted by molar-refractivity contribution is 0.289. The van der Waals surface area contributed by atoms with E-state index in [4.69, 9.17) is 4.98 Å². The van der Waals surface area contributed by atoms with Gasteiger partial charge in [-0.2, -0.15) is 0 Å². The van der Waals surface area contributed by atoms with Crippen molar-refractivity contribution in [3.05, 3.63) is 106 Å². The van der Waals surface area contributed by atoms with Gasteiger partial charge >= 0.3 is 0 Å². The summed E-state index contributed by atoms with van der Waals surface area (Å²) < 4.78 is 0. The SMILES string of the molecule is Cc1ccccc1CCc1ccc(-c2ccnc(Cc3cccc(CC4CCC(C)CC4)c3)n2)s1. The van der Waals surface area contributed by atoms with Gasteiger partial charge < -0.3 is 0 Å². The lowest BCUT2D eigenvalue weighted by Crippen LogP contribution is -2.14. The molecule has 0 N–H and O–H groups in total. The molecule has 2 nitrogen and oxygen atoms in total. The topological polar surface area (TPSA) is 25.8 Å². The maximum atomic E-state index is 4.94. The molecule has 2 aromatic heterocycles. The quantitative estimate of drug-likeness (QED) is 0.254. The summed E-state index contributed by atoms with van der Waals surface area (Å²) in [6, 6.07) is 24.3. The molecule has 1 saturated carbocycles. The Bertz CT molecular complexity index is 1250. The minimum atomic E-state index is 0.787. The van der Waals surface area contributed by atoms with Crippen LogP contribution in [-0.2, 0) is 25.7 Å². The highest BCUT2D eigenvalue weighted by atomic mass is 32.1. The molecule has 2 heterocycles. The predicted octanol–water partition coefficient (Wildman–Crippen LogP) is 8.26. The Morgan fingerprint density at radius 1 is 0.857 bits per heavy atom. The average molecular weight is 481 g/mol. The summed E-state index contributed by atoms with van der Waals surface area (Å²) in [5, 5.41) is 0. The molecule has 0 aliphatic heterocycles. The summed E-state index contributed by atoms with van der Waals surface area (Å²) in [5.41, 5.74) is 6.63. The van der Waals surface area contributed by atoms with Gasteiger partial charge in [-0.15, -0.1) is 11.3 Å². The molecule has 180 valence electrons.